The highest BCUT2D eigenvalue weighted by atomic mass is 16.5. The molecule has 2 aromatic rings. The first-order valence-electron chi connectivity index (χ1n) is 6.85. The van der Waals surface area contributed by atoms with Crippen molar-refractivity contribution in [2.75, 3.05) is 31.2 Å². The monoisotopic (exact) mass is 277 g/mol. The van der Waals surface area contributed by atoms with Crippen LogP contribution in [0.2, 0.25) is 0 Å². The highest BCUT2D eigenvalue weighted by molar-refractivity contribution is 5.47. The maximum Gasteiger partial charge on any atom is 0.199 e. The third kappa shape index (κ3) is 2.56. The number of anilines is 1. The fraction of sp³-hybridized carbons (Fsp3) is 0.667. The lowest BCUT2D eigenvalue weighted by Crippen LogP contribution is -2.52. The summed E-state index contributed by atoms with van der Waals surface area (Å²) in [5.74, 6) is 0.909. The SMILES string of the molecule is CC(C)NCC1COCCN1c1cncc2nnnn12. The molecular weight excluding hydrogens is 258 g/mol. The van der Waals surface area contributed by atoms with Gasteiger partial charge in [-0.25, -0.2) is 0 Å². The minimum absolute atomic E-state index is 0.253. The second-order valence-electron chi connectivity index (χ2n) is 5.20. The van der Waals surface area contributed by atoms with Crippen molar-refractivity contribution in [2.45, 2.75) is 25.9 Å². The second-order valence-corrected chi connectivity index (χ2v) is 5.20. The third-order valence-corrected chi connectivity index (χ3v) is 3.37. The minimum Gasteiger partial charge on any atom is -0.377 e. The number of rotatable bonds is 4. The molecule has 0 bridgehead atoms. The van der Waals surface area contributed by atoms with Crippen LogP contribution in [0.3, 0.4) is 0 Å². The topological polar surface area (TPSA) is 80.5 Å². The van der Waals surface area contributed by atoms with E-state index >= 15 is 0 Å². The Morgan fingerprint density at radius 3 is 3.20 bits per heavy atom. The van der Waals surface area contributed by atoms with E-state index in [1.165, 1.54) is 0 Å². The van der Waals surface area contributed by atoms with Gasteiger partial charge in [0.2, 0.25) is 0 Å². The van der Waals surface area contributed by atoms with Gasteiger partial charge in [-0.3, -0.25) is 4.98 Å². The van der Waals surface area contributed by atoms with Gasteiger partial charge in [-0.2, -0.15) is 4.52 Å². The maximum absolute atomic E-state index is 5.60. The van der Waals surface area contributed by atoms with Gasteiger partial charge < -0.3 is 15.0 Å². The van der Waals surface area contributed by atoms with Crippen molar-refractivity contribution in [1.82, 2.24) is 30.3 Å². The van der Waals surface area contributed by atoms with E-state index in [0.717, 1.165) is 18.9 Å². The molecule has 0 aliphatic carbocycles. The van der Waals surface area contributed by atoms with Crippen LogP contribution in [0.5, 0.6) is 0 Å². The summed E-state index contributed by atoms with van der Waals surface area (Å²) in [4.78, 5) is 6.48. The highest BCUT2D eigenvalue weighted by Crippen LogP contribution is 2.18. The number of ether oxygens (including phenoxy) is 1. The Morgan fingerprint density at radius 2 is 2.35 bits per heavy atom. The smallest absolute Gasteiger partial charge is 0.199 e. The van der Waals surface area contributed by atoms with Gasteiger partial charge in [0.25, 0.3) is 0 Å². The van der Waals surface area contributed by atoms with Crippen LogP contribution in [0.15, 0.2) is 12.4 Å². The average molecular weight is 277 g/mol. The van der Waals surface area contributed by atoms with Crippen LogP contribution in [0.25, 0.3) is 5.65 Å². The molecule has 0 saturated carbocycles. The molecule has 0 radical (unpaired) electrons. The lowest BCUT2D eigenvalue weighted by atomic mass is 10.2. The summed E-state index contributed by atoms with van der Waals surface area (Å²) >= 11 is 0. The van der Waals surface area contributed by atoms with E-state index in [1.54, 1.807) is 16.9 Å². The van der Waals surface area contributed by atoms with Crippen LogP contribution in [-0.2, 0) is 4.74 Å². The Labute approximate surface area is 117 Å². The van der Waals surface area contributed by atoms with Crippen molar-refractivity contribution in [3.8, 4) is 0 Å². The summed E-state index contributed by atoms with van der Waals surface area (Å²) in [5, 5.41) is 15.1. The summed E-state index contributed by atoms with van der Waals surface area (Å²) < 4.78 is 7.32. The van der Waals surface area contributed by atoms with Crippen molar-refractivity contribution < 1.29 is 4.74 Å². The lowest BCUT2D eigenvalue weighted by molar-refractivity contribution is 0.0925. The molecule has 2 aromatic heterocycles. The van der Waals surface area contributed by atoms with E-state index in [1.807, 2.05) is 0 Å². The molecule has 0 amide bonds. The number of fused-ring (bicyclic) bond motifs is 1. The molecule has 20 heavy (non-hydrogen) atoms. The summed E-state index contributed by atoms with van der Waals surface area (Å²) in [5.41, 5.74) is 0.657. The molecule has 1 fully saturated rings. The zero-order valence-electron chi connectivity index (χ0n) is 11.7. The van der Waals surface area contributed by atoms with E-state index in [2.05, 4.69) is 44.6 Å². The first-order valence-corrected chi connectivity index (χ1v) is 6.85. The van der Waals surface area contributed by atoms with Gasteiger partial charge in [0, 0.05) is 19.1 Å². The molecule has 1 N–H and O–H groups in total. The summed E-state index contributed by atoms with van der Waals surface area (Å²) in [6.07, 6.45) is 3.46. The van der Waals surface area contributed by atoms with Gasteiger partial charge in [-0.05, 0) is 10.4 Å². The molecule has 3 heterocycles. The van der Waals surface area contributed by atoms with E-state index in [-0.39, 0.29) is 6.04 Å². The van der Waals surface area contributed by atoms with Gasteiger partial charge in [0.05, 0.1) is 31.6 Å². The summed E-state index contributed by atoms with van der Waals surface area (Å²) in [7, 11) is 0. The Hall–Kier alpha value is -1.80. The van der Waals surface area contributed by atoms with Gasteiger partial charge in [-0.1, -0.05) is 13.8 Å². The normalized spacial score (nSPS) is 19.9. The average Bonchev–Trinajstić information content (AvgIpc) is 2.93. The zero-order chi connectivity index (χ0) is 13.9. The van der Waals surface area contributed by atoms with Crippen molar-refractivity contribution >= 4 is 11.5 Å². The van der Waals surface area contributed by atoms with E-state index in [9.17, 15) is 0 Å². The minimum atomic E-state index is 0.253. The predicted octanol–water partition coefficient (Wildman–Crippen LogP) is -0.278. The number of tetrazole rings is 1. The Kier molecular flexibility index (Phi) is 3.75. The van der Waals surface area contributed by atoms with Gasteiger partial charge >= 0.3 is 0 Å². The molecule has 1 aliphatic heterocycles. The molecule has 8 heteroatoms. The van der Waals surface area contributed by atoms with Crippen molar-refractivity contribution in [2.24, 2.45) is 0 Å². The fourth-order valence-electron chi connectivity index (χ4n) is 2.36. The molecule has 0 spiro atoms. The standard InChI is InChI=1S/C12H19N7O/c1-9(2)14-5-10-8-20-4-3-18(10)12-7-13-6-11-15-16-17-19(11)12/h6-7,9-10,14H,3-5,8H2,1-2H3. The Balaban J connectivity index is 1.87. The number of nitrogens with zero attached hydrogens (tertiary/aromatic N) is 6. The van der Waals surface area contributed by atoms with Crippen molar-refractivity contribution in [3.05, 3.63) is 12.4 Å². The molecule has 108 valence electrons. The van der Waals surface area contributed by atoms with Crippen LogP contribution in [0, 0.1) is 0 Å². The summed E-state index contributed by atoms with van der Waals surface area (Å²) in [6, 6.07) is 0.698. The molecule has 1 saturated heterocycles. The molecule has 1 unspecified atom stereocenters. The number of morpholine rings is 1. The first-order chi connectivity index (χ1) is 9.75. The van der Waals surface area contributed by atoms with Crippen LogP contribution in [0.4, 0.5) is 5.82 Å². The lowest BCUT2D eigenvalue weighted by Gasteiger charge is -2.37. The fourth-order valence-corrected chi connectivity index (χ4v) is 2.36. The number of hydrogen-bond acceptors (Lipinski definition) is 7. The van der Waals surface area contributed by atoms with Gasteiger partial charge in [0.15, 0.2) is 11.5 Å². The third-order valence-electron chi connectivity index (χ3n) is 3.37. The maximum atomic E-state index is 5.60. The van der Waals surface area contributed by atoms with Crippen molar-refractivity contribution in [1.29, 1.82) is 0 Å². The quantitative estimate of drug-likeness (QED) is 0.823. The van der Waals surface area contributed by atoms with E-state index in [4.69, 9.17) is 4.74 Å². The molecule has 3 rings (SSSR count). The van der Waals surface area contributed by atoms with E-state index < -0.39 is 0 Å². The van der Waals surface area contributed by atoms with Crippen LogP contribution in [0.1, 0.15) is 13.8 Å². The number of aromatic nitrogens is 5. The molecule has 8 nitrogen and oxygen atoms in total. The number of hydrogen-bond donors (Lipinski definition) is 1. The largest absolute Gasteiger partial charge is 0.377 e. The Morgan fingerprint density at radius 1 is 1.45 bits per heavy atom. The van der Waals surface area contributed by atoms with Crippen molar-refractivity contribution in [3.63, 3.8) is 0 Å². The molecule has 1 atom stereocenters. The van der Waals surface area contributed by atoms with E-state index in [0.29, 0.717) is 24.9 Å². The molecule has 0 aromatic carbocycles. The van der Waals surface area contributed by atoms with Crippen LogP contribution < -0.4 is 10.2 Å². The van der Waals surface area contributed by atoms with Gasteiger partial charge in [-0.15, -0.1) is 5.10 Å². The molecule has 1 aliphatic rings. The predicted molar refractivity (Wildman–Crippen MR) is 73.7 cm³/mol. The van der Waals surface area contributed by atoms with Crippen LogP contribution in [-0.4, -0.2) is 63.4 Å². The van der Waals surface area contributed by atoms with Gasteiger partial charge in [0.1, 0.15) is 0 Å². The molecular formula is C12H19N7O. The highest BCUT2D eigenvalue weighted by Gasteiger charge is 2.25. The zero-order valence-corrected chi connectivity index (χ0v) is 11.7. The second kappa shape index (κ2) is 5.68. The number of nitrogens with one attached hydrogen (secondary N) is 1. The Bertz CT molecular complexity index is 570. The first kappa shape index (κ1) is 13.2. The van der Waals surface area contributed by atoms with Crippen LogP contribution >= 0.6 is 0 Å². The summed E-state index contributed by atoms with van der Waals surface area (Å²) in [6.45, 7) is 7.34.